The first-order valence-electron chi connectivity index (χ1n) is 5.29. The van der Waals surface area contributed by atoms with E-state index in [1.165, 1.54) is 24.3 Å². The van der Waals surface area contributed by atoms with Gasteiger partial charge < -0.3 is 9.84 Å². The quantitative estimate of drug-likeness (QED) is 0.616. The van der Waals surface area contributed by atoms with Crippen molar-refractivity contribution < 1.29 is 23.1 Å². The fourth-order valence-electron chi connectivity index (χ4n) is 1.27. The molecule has 100 valence electrons. The Morgan fingerprint density at radius 1 is 1.22 bits per heavy atom. The van der Waals surface area contributed by atoms with Crippen LogP contribution in [-0.2, 0) is 13.8 Å². The molecule has 0 aromatic heterocycles. The van der Waals surface area contributed by atoms with E-state index in [0.29, 0.717) is 25.2 Å². The lowest BCUT2D eigenvalue weighted by Crippen LogP contribution is -2.00. The molecule has 0 atom stereocenters. The van der Waals surface area contributed by atoms with E-state index in [1.807, 2.05) is 0 Å². The minimum absolute atomic E-state index is 0.0161. The number of carboxylic acids is 1. The van der Waals surface area contributed by atoms with Crippen LogP contribution in [-0.4, -0.2) is 26.1 Å². The van der Waals surface area contributed by atoms with Gasteiger partial charge in [-0.25, -0.2) is 8.42 Å². The van der Waals surface area contributed by atoms with Gasteiger partial charge in [0.05, 0.1) is 11.5 Å². The topological polar surface area (TPSA) is 80.7 Å². The average molecular weight is 293 g/mol. The number of benzene rings is 1. The van der Waals surface area contributed by atoms with Crippen LogP contribution in [0.25, 0.3) is 0 Å². The molecule has 18 heavy (non-hydrogen) atoms. The Bertz CT molecular complexity index is 495. The number of unbranched alkanes of at least 4 members (excludes halogenated alkanes) is 1. The smallest absolute Gasteiger partial charge is 0.303 e. The summed E-state index contributed by atoms with van der Waals surface area (Å²) < 4.78 is 27.3. The van der Waals surface area contributed by atoms with Crippen molar-refractivity contribution in [2.45, 2.75) is 24.2 Å². The number of carboxylic acid groups (broad SMARTS) is 1. The fourth-order valence-corrected chi connectivity index (χ4v) is 2.04. The summed E-state index contributed by atoms with van der Waals surface area (Å²) in [5, 5.41) is 8.43. The van der Waals surface area contributed by atoms with Crippen molar-refractivity contribution in [3.63, 3.8) is 0 Å². The van der Waals surface area contributed by atoms with Crippen LogP contribution in [0.2, 0.25) is 0 Å². The zero-order chi connectivity index (χ0) is 13.6. The predicted octanol–water partition coefficient (Wildman–Crippen LogP) is 2.25. The lowest BCUT2D eigenvalue weighted by Gasteiger charge is -2.05. The summed E-state index contributed by atoms with van der Waals surface area (Å²) in [6.45, 7) is 0.389. The van der Waals surface area contributed by atoms with Crippen molar-refractivity contribution in [2.24, 2.45) is 0 Å². The summed E-state index contributed by atoms with van der Waals surface area (Å²) in [6.07, 6.45) is 1.29. The summed E-state index contributed by atoms with van der Waals surface area (Å²) in [5.41, 5.74) is 0. The van der Waals surface area contributed by atoms with Crippen LogP contribution in [0.5, 0.6) is 5.75 Å². The summed E-state index contributed by atoms with van der Waals surface area (Å²) in [4.78, 5) is 10.3. The molecule has 1 N–H and O–H groups in total. The van der Waals surface area contributed by atoms with Crippen LogP contribution >= 0.6 is 10.7 Å². The van der Waals surface area contributed by atoms with E-state index in [9.17, 15) is 13.2 Å². The van der Waals surface area contributed by atoms with E-state index < -0.39 is 15.0 Å². The second-order valence-corrected chi connectivity index (χ2v) is 6.17. The van der Waals surface area contributed by atoms with Gasteiger partial charge in [0.25, 0.3) is 9.05 Å². The molecule has 0 aliphatic heterocycles. The van der Waals surface area contributed by atoms with Gasteiger partial charge >= 0.3 is 5.97 Å². The maximum Gasteiger partial charge on any atom is 0.303 e. The number of carbonyl (C=O) groups is 1. The highest BCUT2D eigenvalue weighted by molar-refractivity contribution is 8.13. The molecule has 0 aliphatic carbocycles. The van der Waals surface area contributed by atoms with Gasteiger partial charge in [-0.05, 0) is 37.1 Å². The summed E-state index contributed by atoms with van der Waals surface area (Å²) in [6, 6.07) is 5.72. The molecule has 1 rings (SSSR count). The Kier molecular flexibility index (Phi) is 5.43. The maximum absolute atomic E-state index is 11.0. The second kappa shape index (κ2) is 6.61. The van der Waals surface area contributed by atoms with Crippen LogP contribution in [0.1, 0.15) is 19.3 Å². The molecule has 0 spiro atoms. The van der Waals surface area contributed by atoms with Gasteiger partial charge in [0, 0.05) is 17.1 Å². The van der Waals surface area contributed by atoms with Gasteiger partial charge in [0.2, 0.25) is 0 Å². The molecule has 0 aliphatic rings. The van der Waals surface area contributed by atoms with Crippen LogP contribution in [0.15, 0.2) is 29.2 Å². The van der Waals surface area contributed by atoms with E-state index in [0.717, 1.165) is 0 Å². The van der Waals surface area contributed by atoms with E-state index >= 15 is 0 Å². The first-order chi connectivity index (χ1) is 8.39. The SMILES string of the molecule is O=C(O)CCCCOc1ccc(S(=O)(=O)Cl)cc1. The number of aliphatic carboxylic acids is 1. The molecule has 0 heterocycles. The predicted molar refractivity (Wildman–Crippen MR) is 66.5 cm³/mol. The van der Waals surface area contributed by atoms with Gasteiger partial charge in [-0.2, -0.15) is 0 Å². The van der Waals surface area contributed by atoms with Gasteiger partial charge in [-0.3, -0.25) is 4.79 Å². The Morgan fingerprint density at radius 3 is 2.33 bits per heavy atom. The van der Waals surface area contributed by atoms with E-state index in [4.69, 9.17) is 20.5 Å². The Hall–Kier alpha value is -1.27. The summed E-state index contributed by atoms with van der Waals surface area (Å²) in [5.74, 6) is -0.305. The highest BCUT2D eigenvalue weighted by Crippen LogP contribution is 2.19. The zero-order valence-electron chi connectivity index (χ0n) is 9.50. The minimum Gasteiger partial charge on any atom is -0.494 e. The molecular weight excluding hydrogens is 280 g/mol. The first kappa shape index (κ1) is 14.8. The number of hydrogen-bond donors (Lipinski definition) is 1. The van der Waals surface area contributed by atoms with Crippen molar-refractivity contribution in [2.75, 3.05) is 6.61 Å². The molecule has 0 fully saturated rings. The lowest BCUT2D eigenvalue weighted by atomic mass is 10.2. The van der Waals surface area contributed by atoms with Crippen LogP contribution in [0, 0.1) is 0 Å². The second-order valence-electron chi connectivity index (χ2n) is 3.61. The molecular formula is C11H13ClO5S. The Labute approximate surface area is 110 Å². The summed E-state index contributed by atoms with van der Waals surface area (Å²) in [7, 11) is 1.46. The monoisotopic (exact) mass is 292 g/mol. The van der Waals surface area contributed by atoms with Gasteiger partial charge in [0.15, 0.2) is 0 Å². The Morgan fingerprint density at radius 2 is 1.83 bits per heavy atom. The summed E-state index contributed by atoms with van der Waals surface area (Å²) >= 11 is 0. The van der Waals surface area contributed by atoms with Crippen LogP contribution < -0.4 is 4.74 Å². The van der Waals surface area contributed by atoms with E-state index in [2.05, 4.69) is 0 Å². The molecule has 0 radical (unpaired) electrons. The van der Waals surface area contributed by atoms with Crippen LogP contribution in [0.3, 0.4) is 0 Å². The first-order valence-corrected chi connectivity index (χ1v) is 7.60. The zero-order valence-corrected chi connectivity index (χ0v) is 11.1. The van der Waals surface area contributed by atoms with E-state index in [1.54, 1.807) is 0 Å². The third-order valence-corrected chi connectivity index (χ3v) is 3.53. The maximum atomic E-state index is 11.0. The standard InChI is InChI=1S/C11H13ClO5S/c12-18(15,16)10-6-4-9(5-7-10)17-8-2-1-3-11(13)14/h4-7H,1-3,8H2,(H,13,14). The number of hydrogen-bond acceptors (Lipinski definition) is 4. The molecule has 0 bridgehead atoms. The molecule has 0 saturated carbocycles. The van der Waals surface area contributed by atoms with Crippen molar-refractivity contribution >= 4 is 25.7 Å². The number of ether oxygens (including phenoxy) is 1. The normalized spacial score (nSPS) is 11.2. The average Bonchev–Trinajstić information content (AvgIpc) is 2.27. The van der Waals surface area contributed by atoms with E-state index in [-0.39, 0.29) is 11.3 Å². The minimum atomic E-state index is -3.71. The van der Waals surface area contributed by atoms with Crippen molar-refractivity contribution in [3.05, 3.63) is 24.3 Å². The molecule has 5 nitrogen and oxygen atoms in total. The van der Waals surface area contributed by atoms with Crippen molar-refractivity contribution in [1.29, 1.82) is 0 Å². The number of rotatable bonds is 7. The van der Waals surface area contributed by atoms with Crippen LogP contribution in [0.4, 0.5) is 0 Å². The largest absolute Gasteiger partial charge is 0.494 e. The lowest BCUT2D eigenvalue weighted by molar-refractivity contribution is -0.137. The molecule has 0 saturated heterocycles. The Balaban J connectivity index is 2.38. The third-order valence-electron chi connectivity index (χ3n) is 2.16. The molecule has 0 unspecified atom stereocenters. The number of halogens is 1. The van der Waals surface area contributed by atoms with Gasteiger partial charge in [-0.15, -0.1) is 0 Å². The molecule has 1 aromatic rings. The molecule has 7 heteroatoms. The van der Waals surface area contributed by atoms with Gasteiger partial charge in [0.1, 0.15) is 5.75 Å². The molecule has 1 aromatic carbocycles. The van der Waals surface area contributed by atoms with Crippen molar-refractivity contribution in [3.8, 4) is 5.75 Å². The highest BCUT2D eigenvalue weighted by Gasteiger charge is 2.09. The molecule has 0 amide bonds. The third kappa shape index (κ3) is 5.37. The van der Waals surface area contributed by atoms with Crippen molar-refractivity contribution in [1.82, 2.24) is 0 Å². The highest BCUT2D eigenvalue weighted by atomic mass is 35.7. The van der Waals surface area contributed by atoms with Gasteiger partial charge in [-0.1, -0.05) is 0 Å². The fraction of sp³-hybridized carbons (Fsp3) is 0.364.